The van der Waals surface area contributed by atoms with Gasteiger partial charge in [0.2, 0.25) is 0 Å². The number of aliphatic hydroxyl groups excluding tert-OH is 2. The monoisotopic (exact) mass is 390 g/mol. The molecule has 3 rings (SSSR count). The van der Waals surface area contributed by atoms with Crippen LogP contribution < -0.4 is 0 Å². The Labute approximate surface area is 165 Å². The SMILES string of the molecule is C=C1[C@H](OC(C)=O)CC2(C)C(CCC(O)[C@H]2C)C1(C=O)C[C@@H](O)c1ccoc1. The van der Waals surface area contributed by atoms with Gasteiger partial charge in [-0.25, -0.2) is 0 Å². The number of hydrogen-bond acceptors (Lipinski definition) is 6. The summed E-state index contributed by atoms with van der Waals surface area (Å²) >= 11 is 0. The molecule has 2 saturated carbocycles. The molecule has 0 saturated heterocycles. The number of aldehydes is 1. The van der Waals surface area contributed by atoms with Crippen molar-refractivity contribution in [3.8, 4) is 0 Å². The third-order valence-corrected chi connectivity index (χ3v) is 7.38. The van der Waals surface area contributed by atoms with E-state index in [0.717, 1.165) is 6.29 Å². The summed E-state index contributed by atoms with van der Waals surface area (Å²) in [5, 5.41) is 21.3. The Kier molecular flexibility index (Phi) is 5.56. The molecule has 6 nitrogen and oxygen atoms in total. The fourth-order valence-corrected chi connectivity index (χ4v) is 5.59. The van der Waals surface area contributed by atoms with E-state index in [1.807, 2.05) is 6.92 Å². The molecule has 0 radical (unpaired) electrons. The van der Waals surface area contributed by atoms with Gasteiger partial charge in [-0.05, 0) is 54.6 Å². The highest BCUT2D eigenvalue weighted by Crippen LogP contribution is 2.63. The van der Waals surface area contributed by atoms with Gasteiger partial charge in [-0.3, -0.25) is 4.79 Å². The molecule has 154 valence electrons. The van der Waals surface area contributed by atoms with Gasteiger partial charge in [-0.15, -0.1) is 0 Å². The van der Waals surface area contributed by atoms with E-state index in [-0.39, 0.29) is 18.3 Å². The van der Waals surface area contributed by atoms with E-state index in [1.165, 1.54) is 19.5 Å². The summed E-state index contributed by atoms with van der Waals surface area (Å²) in [5.41, 5.74) is -0.366. The largest absolute Gasteiger partial charge is 0.472 e. The molecule has 1 aromatic heterocycles. The van der Waals surface area contributed by atoms with Crippen LogP contribution in [0.2, 0.25) is 0 Å². The van der Waals surface area contributed by atoms with E-state index in [0.29, 0.717) is 30.4 Å². The predicted molar refractivity (Wildman–Crippen MR) is 102 cm³/mol. The number of fused-ring (bicyclic) bond motifs is 1. The summed E-state index contributed by atoms with van der Waals surface area (Å²) in [7, 11) is 0. The topological polar surface area (TPSA) is 97.0 Å². The highest BCUT2D eigenvalue weighted by Gasteiger charge is 2.61. The van der Waals surface area contributed by atoms with Gasteiger partial charge in [0.25, 0.3) is 0 Å². The molecule has 2 N–H and O–H groups in total. The van der Waals surface area contributed by atoms with E-state index in [1.54, 1.807) is 6.07 Å². The van der Waals surface area contributed by atoms with E-state index in [4.69, 9.17) is 9.15 Å². The molecule has 0 spiro atoms. The molecular weight excluding hydrogens is 360 g/mol. The van der Waals surface area contributed by atoms with Gasteiger partial charge >= 0.3 is 5.97 Å². The minimum atomic E-state index is -1.06. The van der Waals surface area contributed by atoms with Crippen molar-refractivity contribution in [3.63, 3.8) is 0 Å². The van der Waals surface area contributed by atoms with Crippen molar-refractivity contribution < 1.29 is 29.0 Å². The van der Waals surface area contributed by atoms with Crippen LogP contribution in [0.4, 0.5) is 0 Å². The first-order valence-corrected chi connectivity index (χ1v) is 9.86. The highest BCUT2D eigenvalue weighted by atomic mass is 16.5. The number of carbonyl (C=O) groups excluding carboxylic acids is 2. The third kappa shape index (κ3) is 3.22. The summed E-state index contributed by atoms with van der Waals surface area (Å²) in [6.45, 7) is 9.54. The molecule has 7 atom stereocenters. The molecule has 2 aliphatic rings. The Bertz CT molecular complexity index is 740. The first kappa shape index (κ1) is 20.8. The van der Waals surface area contributed by atoms with Crippen molar-refractivity contribution in [2.45, 2.75) is 64.8 Å². The lowest BCUT2D eigenvalue weighted by Crippen LogP contribution is -2.59. The molecule has 1 heterocycles. The van der Waals surface area contributed by atoms with Crippen molar-refractivity contribution in [2.24, 2.45) is 22.7 Å². The number of carbonyl (C=O) groups is 2. The van der Waals surface area contributed by atoms with Gasteiger partial charge in [0.05, 0.1) is 30.1 Å². The Morgan fingerprint density at radius 2 is 2.21 bits per heavy atom. The second-order valence-corrected chi connectivity index (χ2v) is 8.75. The summed E-state index contributed by atoms with van der Waals surface area (Å²) in [6.07, 6.45) is 3.67. The molecular formula is C22H30O6. The smallest absolute Gasteiger partial charge is 0.303 e. The van der Waals surface area contributed by atoms with Gasteiger partial charge in [-0.1, -0.05) is 20.4 Å². The number of ether oxygens (including phenoxy) is 1. The first-order valence-electron chi connectivity index (χ1n) is 9.86. The molecule has 0 aromatic carbocycles. The summed E-state index contributed by atoms with van der Waals surface area (Å²) < 4.78 is 10.6. The van der Waals surface area contributed by atoms with Crippen molar-refractivity contribution in [1.29, 1.82) is 0 Å². The van der Waals surface area contributed by atoms with E-state index in [2.05, 4.69) is 13.5 Å². The summed E-state index contributed by atoms with van der Waals surface area (Å²) in [4.78, 5) is 24.3. The number of esters is 1. The fourth-order valence-electron chi connectivity index (χ4n) is 5.59. The van der Waals surface area contributed by atoms with Crippen LogP contribution in [0.5, 0.6) is 0 Å². The molecule has 1 aromatic rings. The van der Waals surface area contributed by atoms with Crippen molar-refractivity contribution in [1.82, 2.24) is 0 Å². The maximum absolute atomic E-state index is 12.6. The fraction of sp³-hybridized carbons (Fsp3) is 0.636. The zero-order valence-electron chi connectivity index (χ0n) is 16.8. The maximum Gasteiger partial charge on any atom is 0.303 e. The number of aliphatic hydroxyl groups is 2. The Morgan fingerprint density at radius 1 is 1.50 bits per heavy atom. The van der Waals surface area contributed by atoms with Gasteiger partial charge in [-0.2, -0.15) is 0 Å². The first-order chi connectivity index (χ1) is 13.2. The molecule has 2 aliphatic carbocycles. The van der Waals surface area contributed by atoms with Gasteiger partial charge < -0.3 is 24.2 Å². The zero-order chi connectivity index (χ0) is 20.7. The standard InChI is InChI=1S/C22H30O6/c1-13-17(25)5-6-20-21(13,4)10-19(28-15(3)24)14(2)22(20,12-23)9-18(26)16-7-8-27-11-16/h7-8,11-13,17-20,25-26H,2,5-6,9-10H2,1,3-4H3/t13-,17?,18-,19-,20?,21?,22?/m1/s1. The second kappa shape index (κ2) is 7.48. The summed E-state index contributed by atoms with van der Waals surface area (Å²) in [6, 6.07) is 1.67. The second-order valence-electron chi connectivity index (χ2n) is 8.75. The lowest BCUT2D eigenvalue weighted by molar-refractivity contribution is -0.168. The Balaban J connectivity index is 2.06. The van der Waals surface area contributed by atoms with Crippen molar-refractivity contribution in [3.05, 3.63) is 36.3 Å². The number of rotatable bonds is 5. The van der Waals surface area contributed by atoms with E-state index in [9.17, 15) is 19.8 Å². The molecule has 2 fully saturated rings. The van der Waals surface area contributed by atoms with Crippen LogP contribution in [-0.2, 0) is 14.3 Å². The molecule has 0 aliphatic heterocycles. The van der Waals surface area contributed by atoms with Crippen LogP contribution in [0.1, 0.15) is 58.1 Å². The Hall–Kier alpha value is -1.92. The zero-order valence-corrected chi connectivity index (χ0v) is 16.8. The molecule has 28 heavy (non-hydrogen) atoms. The van der Waals surface area contributed by atoms with Crippen molar-refractivity contribution >= 4 is 12.3 Å². The van der Waals surface area contributed by atoms with Crippen LogP contribution in [0, 0.1) is 22.7 Å². The maximum atomic E-state index is 12.6. The minimum Gasteiger partial charge on any atom is -0.472 e. The average molecular weight is 390 g/mol. The van der Waals surface area contributed by atoms with Crippen LogP contribution in [0.3, 0.4) is 0 Å². The molecule has 0 bridgehead atoms. The van der Waals surface area contributed by atoms with Crippen LogP contribution in [0.25, 0.3) is 0 Å². The average Bonchev–Trinajstić information content (AvgIpc) is 3.17. The summed E-state index contributed by atoms with van der Waals surface area (Å²) in [5.74, 6) is -0.632. The molecule has 4 unspecified atom stereocenters. The normalized spacial score (nSPS) is 39.1. The Morgan fingerprint density at radius 3 is 2.79 bits per heavy atom. The van der Waals surface area contributed by atoms with E-state index >= 15 is 0 Å². The van der Waals surface area contributed by atoms with Crippen LogP contribution in [0.15, 0.2) is 35.2 Å². The lowest BCUT2D eigenvalue weighted by Gasteiger charge is -2.60. The van der Waals surface area contributed by atoms with Crippen LogP contribution >= 0.6 is 0 Å². The number of furan rings is 1. The van der Waals surface area contributed by atoms with Gasteiger partial charge in [0, 0.05) is 12.5 Å². The van der Waals surface area contributed by atoms with Gasteiger partial charge in [0.15, 0.2) is 0 Å². The predicted octanol–water partition coefficient (Wildman–Crippen LogP) is 3.19. The van der Waals surface area contributed by atoms with Gasteiger partial charge in [0.1, 0.15) is 12.4 Å². The lowest BCUT2D eigenvalue weighted by atomic mass is 9.45. The van der Waals surface area contributed by atoms with Crippen molar-refractivity contribution in [2.75, 3.05) is 0 Å². The minimum absolute atomic E-state index is 0.0807. The van der Waals surface area contributed by atoms with E-state index < -0.39 is 35.1 Å². The molecule has 6 heteroatoms. The van der Waals surface area contributed by atoms with Crippen LogP contribution in [-0.4, -0.2) is 34.7 Å². The number of hydrogen-bond donors (Lipinski definition) is 2. The molecule has 0 amide bonds. The highest BCUT2D eigenvalue weighted by molar-refractivity contribution is 5.70. The quantitative estimate of drug-likeness (QED) is 0.455. The third-order valence-electron chi connectivity index (χ3n) is 7.38.